The zero-order valence-corrected chi connectivity index (χ0v) is 18.8. The molecule has 4 heterocycles. The minimum atomic E-state index is -2.63. The highest BCUT2D eigenvalue weighted by Gasteiger charge is 2.19. The van der Waals surface area contributed by atoms with E-state index in [1.54, 1.807) is 17.8 Å². The van der Waals surface area contributed by atoms with E-state index in [4.69, 9.17) is 4.74 Å². The van der Waals surface area contributed by atoms with Crippen LogP contribution in [0.2, 0.25) is 0 Å². The number of hydrogen-bond donors (Lipinski definition) is 0. The first-order chi connectivity index (χ1) is 16.6. The molecule has 6 nitrogen and oxygen atoms in total. The minimum absolute atomic E-state index is 0.186. The van der Waals surface area contributed by atoms with Crippen LogP contribution in [0.15, 0.2) is 67.0 Å². The molecule has 9 heteroatoms. The van der Waals surface area contributed by atoms with Gasteiger partial charge in [-0.1, -0.05) is 42.5 Å². The molecule has 0 fully saturated rings. The molecule has 0 amide bonds. The van der Waals surface area contributed by atoms with E-state index in [0.29, 0.717) is 33.1 Å². The first kappa shape index (κ1) is 20.6. The van der Waals surface area contributed by atoms with E-state index < -0.39 is 6.43 Å². The van der Waals surface area contributed by atoms with Crippen LogP contribution in [-0.4, -0.2) is 24.6 Å². The summed E-state index contributed by atoms with van der Waals surface area (Å²) in [7, 11) is 0. The molecule has 6 rings (SSSR count). The van der Waals surface area contributed by atoms with Crippen LogP contribution in [0, 0.1) is 6.92 Å². The van der Waals surface area contributed by atoms with Crippen LogP contribution in [0.25, 0.3) is 37.2 Å². The number of rotatable bonds is 5. The van der Waals surface area contributed by atoms with E-state index in [1.165, 1.54) is 17.4 Å². The van der Waals surface area contributed by atoms with Gasteiger partial charge in [0.25, 0.3) is 6.43 Å². The van der Waals surface area contributed by atoms with Crippen molar-refractivity contribution in [1.29, 1.82) is 0 Å². The van der Waals surface area contributed by atoms with E-state index in [9.17, 15) is 8.78 Å². The van der Waals surface area contributed by atoms with Gasteiger partial charge in [0, 0.05) is 5.39 Å². The molecule has 2 aromatic carbocycles. The Hall–Kier alpha value is -3.98. The molecule has 6 aromatic rings. The van der Waals surface area contributed by atoms with Crippen molar-refractivity contribution < 1.29 is 13.5 Å². The summed E-state index contributed by atoms with van der Waals surface area (Å²) in [5.74, 6) is 1.21. The van der Waals surface area contributed by atoms with E-state index in [2.05, 4.69) is 32.2 Å². The van der Waals surface area contributed by atoms with Crippen molar-refractivity contribution >= 4 is 37.4 Å². The molecule has 0 unspecified atom stereocenters. The average Bonchev–Trinajstić information content (AvgIpc) is 3.44. The Labute approximate surface area is 196 Å². The number of aryl methyl sites for hydroxylation is 1. The predicted molar refractivity (Wildman–Crippen MR) is 127 cm³/mol. The van der Waals surface area contributed by atoms with Gasteiger partial charge >= 0.3 is 0 Å². The number of aromatic nitrogens is 5. The maximum Gasteiger partial charge on any atom is 0.280 e. The number of benzene rings is 2. The molecule has 0 atom stereocenters. The molecule has 34 heavy (non-hydrogen) atoms. The average molecular weight is 474 g/mol. The molecule has 0 N–H and O–H groups in total. The number of halogens is 2. The van der Waals surface area contributed by atoms with Crippen LogP contribution >= 0.6 is 11.3 Å². The fourth-order valence-electron chi connectivity index (χ4n) is 3.97. The summed E-state index contributed by atoms with van der Waals surface area (Å²) in [6.45, 7) is 1.98. The largest absolute Gasteiger partial charge is 0.486 e. The van der Waals surface area contributed by atoms with Gasteiger partial charge in [-0.15, -0.1) is 16.4 Å². The summed E-state index contributed by atoms with van der Waals surface area (Å²) in [6.07, 6.45) is -1.05. The highest BCUT2D eigenvalue weighted by Crippen LogP contribution is 2.36. The van der Waals surface area contributed by atoms with Gasteiger partial charge in [-0.25, -0.2) is 28.2 Å². The lowest BCUT2D eigenvalue weighted by Crippen LogP contribution is -1.98. The van der Waals surface area contributed by atoms with E-state index in [0.717, 1.165) is 21.2 Å². The van der Waals surface area contributed by atoms with Gasteiger partial charge in [0.15, 0.2) is 11.5 Å². The Morgan fingerprint density at radius 2 is 1.76 bits per heavy atom. The van der Waals surface area contributed by atoms with Crippen LogP contribution < -0.4 is 4.74 Å². The molecule has 168 valence electrons. The third-order valence-corrected chi connectivity index (χ3v) is 6.65. The van der Waals surface area contributed by atoms with Crippen molar-refractivity contribution in [3.8, 4) is 16.9 Å². The monoisotopic (exact) mass is 473 g/mol. The Balaban J connectivity index is 1.30. The summed E-state index contributed by atoms with van der Waals surface area (Å²) in [4.78, 5) is 13.8. The normalized spacial score (nSPS) is 11.8. The van der Waals surface area contributed by atoms with Crippen molar-refractivity contribution in [2.75, 3.05) is 0 Å². The number of thiophene rings is 1. The summed E-state index contributed by atoms with van der Waals surface area (Å²) < 4.78 is 34.6. The first-order valence-electron chi connectivity index (χ1n) is 10.6. The highest BCUT2D eigenvalue weighted by molar-refractivity contribution is 7.26. The molecule has 0 aliphatic rings. The summed E-state index contributed by atoms with van der Waals surface area (Å²) in [5.41, 5.74) is 4.02. The third kappa shape index (κ3) is 3.54. The van der Waals surface area contributed by atoms with Gasteiger partial charge in [0.1, 0.15) is 33.9 Å². The smallest absolute Gasteiger partial charge is 0.280 e. The summed E-state index contributed by atoms with van der Waals surface area (Å²) in [6, 6.07) is 19.4. The Morgan fingerprint density at radius 1 is 1.00 bits per heavy atom. The fourth-order valence-corrected chi connectivity index (χ4v) is 5.16. The van der Waals surface area contributed by atoms with Crippen LogP contribution in [0.5, 0.6) is 5.75 Å². The predicted octanol–water partition coefficient (Wildman–Crippen LogP) is 6.38. The van der Waals surface area contributed by atoms with E-state index in [-0.39, 0.29) is 12.3 Å². The number of nitrogens with zero attached hydrogens (tertiary/aromatic N) is 5. The third-order valence-electron chi connectivity index (χ3n) is 5.58. The van der Waals surface area contributed by atoms with Gasteiger partial charge in [0.2, 0.25) is 0 Å². The van der Waals surface area contributed by atoms with Crippen molar-refractivity contribution in [3.05, 3.63) is 84.1 Å². The second-order valence-electron chi connectivity index (χ2n) is 7.84. The second kappa shape index (κ2) is 8.11. The Kier molecular flexibility index (Phi) is 4.91. The molecule has 0 aliphatic carbocycles. The lowest BCUT2D eigenvalue weighted by atomic mass is 10.1. The second-order valence-corrected chi connectivity index (χ2v) is 8.84. The van der Waals surface area contributed by atoms with Gasteiger partial charge in [-0.05, 0) is 41.8 Å². The zero-order chi connectivity index (χ0) is 23.2. The van der Waals surface area contributed by atoms with Crippen molar-refractivity contribution in [3.63, 3.8) is 0 Å². The topological polar surface area (TPSA) is 65.2 Å². The Bertz CT molecular complexity index is 1650. The zero-order valence-electron chi connectivity index (χ0n) is 17.9. The molecule has 0 spiro atoms. The van der Waals surface area contributed by atoms with Crippen molar-refractivity contribution in [1.82, 2.24) is 24.6 Å². The SMILES string of the molecule is Cc1cc(C(F)F)nc2sc3c(ncn4nc(COc5ccc(-c6ccccc6)cc5)nc34)c12. The van der Waals surface area contributed by atoms with Gasteiger partial charge in [0.05, 0.1) is 5.52 Å². The number of fused-ring (bicyclic) bond motifs is 5. The first-order valence-corrected chi connectivity index (χ1v) is 11.4. The van der Waals surface area contributed by atoms with Gasteiger partial charge in [-0.3, -0.25) is 0 Å². The van der Waals surface area contributed by atoms with Crippen molar-refractivity contribution in [2.24, 2.45) is 0 Å². The molecule has 0 saturated heterocycles. The molecule has 0 saturated carbocycles. The van der Waals surface area contributed by atoms with Crippen molar-refractivity contribution in [2.45, 2.75) is 20.0 Å². The molecule has 0 bridgehead atoms. The molecular formula is C25H17F2N5OS. The molecule has 0 aliphatic heterocycles. The number of alkyl halides is 2. The molecule has 0 radical (unpaired) electrons. The number of ether oxygens (including phenoxy) is 1. The maximum absolute atomic E-state index is 13.2. The van der Waals surface area contributed by atoms with Crippen LogP contribution in [0.1, 0.15) is 23.5 Å². The molecule has 4 aromatic heterocycles. The lowest BCUT2D eigenvalue weighted by Gasteiger charge is -2.05. The summed E-state index contributed by atoms with van der Waals surface area (Å²) >= 11 is 1.29. The van der Waals surface area contributed by atoms with E-state index >= 15 is 0 Å². The standard InChI is InChI=1S/C25H17F2N5OS/c1-14-11-18(23(26)27)29-25-20(14)21-22(34-25)24-30-19(31-32(24)13-28-21)12-33-17-9-7-16(8-10-17)15-5-3-2-4-6-15/h2-11,13,23H,12H2,1H3. The van der Waals surface area contributed by atoms with Crippen LogP contribution in [0.3, 0.4) is 0 Å². The quantitative estimate of drug-likeness (QED) is 0.291. The summed E-state index contributed by atoms with van der Waals surface area (Å²) in [5, 5.41) is 5.24. The minimum Gasteiger partial charge on any atom is -0.486 e. The number of pyridine rings is 1. The van der Waals surface area contributed by atoms with E-state index in [1.807, 2.05) is 42.5 Å². The van der Waals surface area contributed by atoms with Gasteiger partial charge in [-0.2, -0.15) is 0 Å². The number of hydrogen-bond acceptors (Lipinski definition) is 6. The van der Waals surface area contributed by atoms with Crippen LogP contribution in [0.4, 0.5) is 8.78 Å². The van der Waals surface area contributed by atoms with Gasteiger partial charge < -0.3 is 4.74 Å². The maximum atomic E-state index is 13.2. The fraction of sp³-hybridized carbons (Fsp3) is 0.120. The van der Waals surface area contributed by atoms with Crippen LogP contribution in [-0.2, 0) is 6.61 Å². The lowest BCUT2D eigenvalue weighted by molar-refractivity contribution is 0.146. The molecular weight excluding hydrogens is 456 g/mol. The Morgan fingerprint density at radius 3 is 2.53 bits per heavy atom. The highest BCUT2D eigenvalue weighted by atomic mass is 32.1.